The molecule has 2 aromatic heterocycles. The Balaban J connectivity index is 1.53. The monoisotopic (exact) mass is 895 g/mol. The van der Waals surface area contributed by atoms with Crippen LogP contribution in [0.1, 0.15) is 23.6 Å². The SMILES string of the molecule is COc1ccc(CN(Cc2ccc(OC)cc2)S(=O)(=O)c2c(S(=O)(=O)C(C)CNC(=O)O)ccc(-c3cccc4c3nc(N)n4C)c2-c2nnn(Cc3ccc(OC)cc3)n2)cc1. The molecular formula is C43H45N9O9S2. The Hall–Kier alpha value is -7.03. The summed E-state index contributed by atoms with van der Waals surface area (Å²) in [5.41, 5.74) is 9.63. The van der Waals surface area contributed by atoms with E-state index in [9.17, 15) is 18.3 Å². The summed E-state index contributed by atoms with van der Waals surface area (Å²) < 4.78 is 80.4. The van der Waals surface area contributed by atoms with Crippen LogP contribution in [0.2, 0.25) is 0 Å². The lowest BCUT2D eigenvalue weighted by molar-refractivity contribution is 0.194. The predicted molar refractivity (Wildman–Crippen MR) is 235 cm³/mol. The van der Waals surface area contributed by atoms with Crippen molar-refractivity contribution in [2.45, 2.75) is 41.6 Å². The van der Waals surface area contributed by atoms with Gasteiger partial charge in [-0.1, -0.05) is 54.6 Å². The highest BCUT2D eigenvalue weighted by molar-refractivity contribution is 7.94. The van der Waals surface area contributed by atoms with E-state index in [0.717, 1.165) is 5.56 Å². The number of sulfonamides is 1. The van der Waals surface area contributed by atoms with Crippen LogP contribution in [0.4, 0.5) is 10.7 Å². The first kappa shape index (κ1) is 44.0. The summed E-state index contributed by atoms with van der Waals surface area (Å²) in [4.78, 5) is 16.2. The van der Waals surface area contributed by atoms with Gasteiger partial charge >= 0.3 is 6.09 Å². The third-order valence-electron chi connectivity index (χ3n) is 10.5. The van der Waals surface area contributed by atoms with E-state index < -0.39 is 47.5 Å². The van der Waals surface area contributed by atoms with Gasteiger partial charge in [-0.3, -0.25) is 0 Å². The maximum atomic E-state index is 16.0. The van der Waals surface area contributed by atoms with Crippen LogP contribution in [0.5, 0.6) is 17.2 Å². The maximum absolute atomic E-state index is 16.0. The number of methoxy groups -OCH3 is 3. The second kappa shape index (κ2) is 18.1. The van der Waals surface area contributed by atoms with Gasteiger partial charge in [0, 0.05) is 32.2 Å². The van der Waals surface area contributed by atoms with Crippen LogP contribution in [0, 0.1) is 0 Å². The van der Waals surface area contributed by atoms with Crippen LogP contribution < -0.4 is 25.3 Å². The lowest BCUT2D eigenvalue weighted by atomic mass is 9.98. The molecule has 0 aliphatic rings. The lowest BCUT2D eigenvalue weighted by Gasteiger charge is -2.27. The number of nitrogen functional groups attached to an aromatic ring is 1. The lowest BCUT2D eigenvalue weighted by Crippen LogP contribution is -2.36. The molecule has 7 aromatic rings. The number of ether oxygens (including phenoxy) is 3. The highest BCUT2D eigenvalue weighted by Gasteiger charge is 2.40. The van der Waals surface area contributed by atoms with Crippen LogP contribution >= 0.6 is 0 Å². The summed E-state index contributed by atoms with van der Waals surface area (Å²) in [5.74, 6) is 1.70. The van der Waals surface area contributed by atoms with Gasteiger partial charge in [-0.25, -0.2) is 26.6 Å². The zero-order valence-electron chi connectivity index (χ0n) is 35.0. The predicted octanol–water partition coefficient (Wildman–Crippen LogP) is 5.37. The molecule has 1 unspecified atom stereocenters. The molecule has 0 saturated heterocycles. The van der Waals surface area contributed by atoms with Crippen molar-refractivity contribution >= 4 is 42.9 Å². The number of imidazole rings is 1. The molecule has 0 saturated carbocycles. The average Bonchev–Trinajstić information content (AvgIpc) is 3.87. The van der Waals surface area contributed by atoms with Gasteiger partial charge in [-0.2, -0.15) is 9.10 Å². The number of sulfone groups is 1. The second-order valence-corrected chi connectivity index (χ2v) is 18.7. The Kier molecular flexibility index (Phi) is 12.7. The van der Waals surface area contributed by atoms with Gasteiger partial charge in [0.2, 0.25) is 21.8 Å². The number of tetrazole rings is 1. The van der Waals surface area contributed by atoms with Crippen molar-refractivity contribution in [1.82, 2.24) is 39.4 Å². The summed E-state index contributed by atoms with van der Waals surface area (Å²) in [6.07, 6.45) is -1.45. The number of hydrogen-bond acceptors (Lipinski definition) is 13. The third kappa shape index (κ3) is 9.13. The Morgan fingerprint density at radius 1 is 0.794 bits per heavy atom. The van der Waals surface area contributed by atoms with Crippen molar-refractivity contribution < 1.29 is 40.9 Å². The first-order chi connectivity index (χ1) is 30.1. The summed E-state index contributed by atoms with van der Waals surface area (Å²) in [6, 6.07) is 28.7. The number of nitrogens with zero attached hydrogens (tertiary/aromatic N) is 7. The fourth-order valence-electron chi connectivity index (χ4n) is 7.03. The Morgan fingerprint density at radius 2 is 1.35 bits per heavy atom. The maximum Gasteiger partial charge on any atom is 0.404 e. The van der Waals surface area contributed by atoms with Gasteiger partial charge in [-0.05, 0) is 82.9 Å². The molecule has 2 heterocycles. The molecule has 1 atom stereocenters. The molecule has 0 fully saturated rings. The summed E-state index contributed by atoms with van der Waals surface area (Å²) in [6.45, 7) is 0.419. The number of anilines is 1. The average molecular weight is 896 g/mol. The first-order valence-electron chi connectivity index (χ1n) is 19.4. The van der Waals surface area contributed by atoms with Crippen molar-refractivity contribution in [2.75, 3.05) is 33.6 Å². The molecule has 4 N–H and O–H groups in total. The van der Waals surface area contributed by atoms with Crippen LogP contribution in [-0.2, 0) is 46.5 Å². The van der Waals surface area contributed by atoms with Crippen LogP contribution in [0.25, 0.3) is 33.5 Å². The van der Waals surface area contributed by atoms with E-state index in [2.05, 4.69) is 20.6 Å². The van der Waals surface area contributed by atoms with Gasteiger partial charge in [-0.15, -0.1) is 10.2 Å². The Labute approximate surface area is 363 Å². The van der Waals surface area contributed by atoms with E-state index in [0.29, 0.717) is 45.0 Å². The van der Waals surface area contributed by atoms with Crippen molar-refractivity contribution in [3.8, 4) is 39.8 Å². The van der Waals surface area contributed by atoms with E-state index >= 15 is 8.42 Å². The van der Waals surface area contributed by atoms with Gasteiger partial charge in [0.25, 0.3) is 0 Å². The topological polar surface area (TPSA) is 236 Å². The molecule has 5 aromatic carbocycles. The van der Waals surface area contributed by atoms with Crippen molar-refractivity contribution in [2.24, 2.45) is 7.05 Å². The van der Waals surface area contributed by atoms with E-state index in [1.54, 1.807) is 97.6 Å². The number of fused-ring (bicyclic) bond motifs is 1. The van der Waals surface area contributed by atoms with Crippen LogP contribution in [0.15, 0.2) is 113 Å². The number of nitrogens with two attached hydrogens (primary N) is 1. The zero-order chi connectivity index (χ0) is 45.1. The number of amides is 1. The minimum Gasteiger partial charge on any atom is -0.497 e. The normalized spacial score (nSPS) is 12.3. The van der Waals surface area contributed by atoms with Crippen LogP contribution in [-0.4, -0.2) is 95.2 Å². The Bertz CT molecular complexity index is 2940. The molecule has 18 nitrogen and oxygen atoms in total. The number of para-hydroxylation sites is 1. The summed E-state index contributed by atoms with van der Waals surface area (Å²) >= 11 is 0. The fourth-order valence-corrected chi connectivity index (χ4v) is 10.7. The molecule has 0 bridgehead atoms. The number of rotatable bonds is 17. The molecular weight excluding hydrogens is 851 g/mol. The number of carbonyl (C=O) groups is 1. The molecule has 0 spiro atoms. The molecule has 328 valence electrons. The van der Waals surface area contributed by atoms with E-state index in [1.165, 1.54) is 42.4 Å². The molecule has 7 rings (SSSR count). The largest absolute Gasteiger partial charge is 0.497 e. The standard InChI is InChI=1S/C43H45N9O9S2/c1-27(23-45-43(53)54)62(55,56)37-22-21-34(35-7-6-8-36-39(35)46-42(44)50(36)2)38(41-47-49-52(48-41)26-30-13-19-33(61-5)20-14-30)40(37)63(57,58)51(24-28-9-15-31(59-3)16-10-28)25-29-11-17-32(60-4)18-12-29/h6-22,27,45H,23-26H2,1-5H3,(H2,44,46)(H,53,54). The van der Waals surface area contributed by atoms with Gasteiger partial charge in [0.05, 0.1) is 54.6 Å². The zero-order valence-corrected chi connectivity index (χ0v) is 36.6. The second-order valence-electron chi connectivity index (χ2n) is 14.5. The van der Waals surface area contributed by atoms with E-state index in [1.807, 2.05) is 12.1 Å². The molecule has 0 aliphatic heterocycles. The highest BCUT2D eigenvalue weighted by atomic mass is 32.2. The number of aromatic nitrogens is 6. The number of hydrogen-bond donors (Lipinski definition) is 3. The third-order valence-corrected chi connectivity index (χ3v) is 14.7. The first-order valence-corrected chi connectivity index (χ1v) is 22.4. The van der Waals surface area contributed by atoms with Crippen LogP contribution in [0.3, 0.4) is 0 Å². The van der Waals surface area contributed by atoms with Crippen molar-refractivity contribution in [1.29, 1.82) is 0 Å². The molecule has 1 amide bonds. The van der Waals surface area contributed by atoms with Crippen molar-refractivity contribution in [3.63, 3.8) is 0 Å². The molecule has 20 heteroatoms. The van der Waals surface area contributed by atoms with Gasteiger partial charge in [0.1, 0.15) is 22.1 Å². The van der Waals surface area contributed by atoms with E-state index in [-0.39, 0.29) is 42.5 Å². The molecule has 0 radical (unpaired) electrons. The highest BCUT2D eigenvalue weighted by Crippen LogP contribution is 2.44. The summed E-state index contributed by atoms with van der Waals surface area (Å²) in [7, 11) is -3.31. The quantitative estimate of drug-likeness (QED) is 0.104. The van der Waals surface area contributed by atoms with Gasteiger partial charge < -0.3 is 34.9 Å². The van der Waals surface area contributed by atoms with E-state index in [4.69, 9.17) is 25.0 Å². The smallest absolute Gasteiger partial charge is 0.404 e. The minimum atomic E-state index is -4.96. The number of nitrogens with one attached hydrogen (secondary N) is 1. The molecule has 0 aliphatic carbocycles. The van der Waals surface area contributed by atoms with Crippen molar-refractivity contribution in [3.05, 3.63) is 120 Å². The van der Waals surface area contributed by atoms with Gasteiger partial charge in [0.15, 0.2) is 9.84 Å². The minimum absolute atomic E-state index is 0.109. The number of carboxylic acid groups (broad SMARTS) is 1. The number of aryl methyl sites for hydroxylation is 1. The Morgan fingerprint density at radius 3 is 1.89 bits per heavy atom. The molecule has 63 heavy (non-hydrogen) atoms. The fraction of sp³-hybridized carbons (Fsp3) is 0.233. The summed E-state index contributed by atoms with van der Waals surface area (Å²) in [5, 5.41) is 23.5. The number of benzene rings is 5.